The predicted molar refractivity (Wildman–Crippen MR) is 91.5 cm³/mol. The highest BCUT2D eigenvalue weighted by Gasteiger charge is 2.29. The third-order valence-electron chi connectivity index (χ3n) is 4.43. The molecule has 2 heterocycles. The molecule has 126 valence electrons. The minimum atomic E-state index is -0.757. The first-order valence-corrected chi connectivity index (χ1v) is 7.91. The zero-order valence-corrected chi connectivity index (χ0v) is 13.2. The average Bonchev–Trinajstić information content (AvgIpc) is 2.97. The van der Waals surface area contributed by atoms with Crippen LogP contribution in [-0.4, -0.2) is 21.8 Å². The summed E-state index contributed by atoms with van der Waals surface area (Å²) in [6, 6.07) is 10.8. The molecule has 3 aromatic rings. The molecule has 7 heteroatoms. The van der Waals surface area contributed by atoms with Gasteiger partial charge in [0.1, 0.15) is 11.6 Å². The van der Waals surface area contributed by atoms with Gasteiger partial charge in [-0.15, -0.1) is 0 Å². The number of hydrogen-bond acceptors (Lipinski definition) is 4. The van der Waals surface area contributed by atoms with Crippen LogP contribution in [0.3, 0.4) is 0 Å². The summed E-state index contributed by atoms with van der Waals surface area (Å²) in [4.78, 5) is 23.5. The number of aryl methyl sites for hydroxylation is 1. The Morgan fingerprint density at radius 1 is 1.24 bits per heavy atom. The highest BCUT2D eigenvalue weighted by molar-refractivity contribution is 6.20. The molecule has 6 nitrogen and oxygen atoms in total. The number of nitrogens with one attached hydrogen (secondary N) is 1. The van der Waals surface area contributed by atoms with Crippen molar-refractivity contribution < 1.29 is 14.1 Å². The van der Waals surface area contributed by atoms with Crippen molar-refractivity contribution in [1.82, 2.24) is 4.57 Å². The summed E-state index contributed by atoms with van der Waals surface area (Å²) in [5, 5.41) is 14.4. The van der Waals surface area contributed by atoms with Crippen LogP contribution in [0, 0.1) is 15.9 Å². The fraction of sp³-hybridized carbons (Fsp3) is 0.167. The van der Waals surface area contributed by atoms with E-state index in [4.69, 9.17) is 0 Å². The van der Waals surface area contributed by atoms with Crippen molar-refractivity contribution in [1.29, 1.82) is 0 Å². The number of aromatic nitrogens is 1. The molecular formula is C18H14FN3O3. The van der Waals surface area contributed by atoms with Gasteiger partial charge in [-0.25, -0.2) is 4.39 Å². The van der Waals surface area contributed by atoms with Gasteiger partial charge in [-0.2, -0.15) is 0 Å². The Morgan fingerprint density at radius 2 is 2.00 bits per heavy atom. The van der Waals surface area contributed by atoms with Gasteiger partial charge in [0.25, 0.3) is 5.69 Å². The molecule has 0 unspecified atom stereocenters. The first-order valence-electron chi connectivity index (χ1n) is 7.91. The van der Waals surface area contributed by atoms with Gasteiger partial charge in [0.05, 0.1) is 22.1 Å². The lowest BCUT2D eigenvalue weighted by atomic mass is 10.0. The van der Waals surface area contributed by atoms with E-state index in [2.05, 4.69) is 5.32 Å². The number of nitrogens with zero attached hydrogens (tertiary/aromatic N) is 2. The van der Waals surface area contributed by atoms with E-state index < -0.39 is 10.7 Å². The second-order valence-electron chi connectivity index (χ2n) is 5.93. The van der Waals surface area contributed by atoms with Gasteiger partial charge in [-0.3, -0.25) is 14.9 Å². The largest absolute Gasteiger partial charge is 0.371 e. The maximum atomic E-state index is 14.7. The van der Waals surface area contributed by atoms with E-state index in [1.807, 2.05) is 0 Å². The number of carbonyl (C=O) groups excluding carboxylic acids is 1. The SMILES string of the molecule is O=C(c1ccccc1)c1c2n(c3cc([N+](=O)[O-])cc(F)c13)CCCN2. The van der Waals surface area contributed by atoms with E-state index >= 15 is 0 Å². The molecule has 0 atom stereocenters. The number of anilines is 1. The van der Waals surface area contributed by atoms with Gasteiger partial charge >= 0.3 is 0 Å². The molecule has 1 aromatic heterocycles. The summed E-state index contributed by atoms with van der Waals surface area (Å²) in [6.45, 7) is 1.23. The fourth-order valence-corrected chi connectivity index (χ4v) is 3.33. The number of nitro groups is 1. The van der Waals surface area contributed by atoms with Crippen LogP contribution in [0.25, 0.3) is 10.9 Å². The smallest absolute Gasteiger partial charge is 0.274 e. The Hall–Kier alpha value is -3.22. The van der Waals surface area contributed by atoms with Crippen LogP contribution < -0.4 is 5.32 Å². The molecule has 0 aliphatic carbocycles. The summed E-state index contributed by atoms with van der Waals surface area (Å²) < 4.78 is 16.5. The predicted octanol–water partition coefficient (Wildman–Crippen LogP) is 3.74. The molecule has 0 radical (unpaired) electrons. The van der Waals surface area contributed by atoms with Crippen LogP contribution in [0.1, 0.15) is 22.3 Å². The van der Waals surface area contributed by atoms with E-state index in [-0.39, 0.29) is 22.4 Å². The average molecular weight is 339 g/mol. The maximum absolute atomic E-state index is 14.7. The molecule has 4 rings (SSSR count). The lowest BCUT2D eigenvalue weighted by Crippen LogP contribution is -2.18. The molecule has 0 fully saturated rings. The first kappa shape index (κ1) is 15.3. The van der Waals surface area contributed by atoms with Gasteiger partial charge in [0.15, 0.2) is 5.78 Å². The third kappa shape index (κ3) is 2.36. The number of nitro benzene ring substituents is 1. The molecule has 0 bridgehead atoms. The van der Waals surface area contributed by atoms with Crippen LogP contribution >= 0.6 is 0 Å². The summed E-state index contributed by atoms with van der Waals surface area (Å²) in [5.41, 5.74) is 0.721. The molecule has 0 saturated carbocycles. The Balaban J connectivity index is 2.04. The summed E-state index contributed by atoms with van der Waals surface area (Å²) in [5.74, 6) is -0.539. The van der Waals surface area contributed by atoms with Gasteiger partial charge in [0.2, 0.25) is 0 Å². The van der Waals surface area contributed by atoms with Gasteiger partial charge < -0.3 is 9.88 Å². The Kier molecular flexibility index (Phi) is 3.49. The molecule has 2 aromatic carbocycles. The highest BCUT2D eigenvalue weighted by Crippen LogP contribution is 2.37. The van der Waals surface area contributed by atoms with E-state index in [0.29, 0.717) is 30.0 Å². The number of rotatable bonds is 3. The second kappa shape index (κ2) is 5.70. The number of fused-ring (bicyclic) bond motifs is 3. The van der Waals surface area contributed by atoms with Crippen LogP contribution in [0.4, 0.5) is 15.9 Å². The number of non-ortho nitro benzene ring substituents is 1. The lowest BCUT2D eigenvalue weighted by molar-refractivity contribution is -0.384. The molecule has 0 amide bonds. The Labute approximate surface area is 142 Å². The monoisotopic (exact) mass is 339 g/mol. The molecule has 1 aliphatic rings. The zero-order valence-electron chi connectivity index (χ0n) is 13.2. The number of halogens is 1. The second-order valence-corrected chi connectivity index (χ2v) is 5.93. The molecule has 1 N–H and O–H groups in total. The van der Waals surface area contributed by atoms with Gasteiger partial charge in [-0.1, -0.05) is 30.3 Å². The van der Waals surface area contributed by atoms with E-state index in [9.17, 15) is 19.3 Å². The van der Waals surface area contributed by atoms with Crippen LogP contribution in [0.2, 0.25) is 0 Å². The topological polar surface area (TPSA) is 77.2 Å². The summed E-state index contributed by atoms with van der Waals surface area (Å²) in [7, 11) is 0. The van der Waals surface area contributed by atoms with Crippen molar-refractivity contribution in [2.24, 2.45) is 0 Å². The number of ketones is 1. The van der Waals surface area contributed by atoms with E-state index in [0.717, 1.165) is 12.5 Å². The highest BCUT2D eigenvalue weighted by atomic mass is 19.1. The minimum absolute atomic E-state index is 0.129. The van der Waals surface area contributed by atoms with E-state index in [1.165, 1.54) is 6.07 Å². The minimum Gasteiger partial charge on any atom is -0.371 e. The molecular weight excluding hydrogens is 325 g/mol. The van der Waals surface area contributed by atoms with Gasteiger partial charge in [0, 0.05) is 30.1 Å². The number of carbonyl (C=O) groups is 1. The van der Waals surface area contributed by atoms with Crippen molar-refractivity contribution in [3.05, 3.63) is 69.5 Å². The molecule has 1 aliphatic heterocycles. The number of benzene rings is 2. The zero-order chi connectivity index (χ0) is 17.6. The van der Waals surface area contributed by atoms with Crippen LogP contribution in [-0.2, 0) is 6.54 Å². The lowest BCUT2D eigenvalue weighted by Gasteiger charge is -2.19. The van der Waals surface area contributed by atoms with Crippen LogP contribution in [0.15, 0.2) is 42.5 Å². The van der Waals surface area contributed by atoms with Crippen molar-refractivity contribution in [2.45, 2.75) is 13.0 Å². The van der Waals surface area contributed by atoms with Crippen LogP contribution in [0.5, 0.6) is 0 Å². The molecule has 0 spiro atoms. The molecule has 25 heavy (non-hydrogen) atoms. The normalized spacial score (nSPS) is 13.3. The summed E-state index contributed by atoms with van der Waals surface area (Å²) in [6.07, 6.45) is 0.792. The van der Waals surface area contributed by atoms with E-state index in [1.54, 1.807) is 34.9 Å². The summed E-state index contributed by atoms with van der Waals surface area (Å²) >= 11 is 0. The van der Waals surface area contributed by atoms with Crippen molar-refractivity contribution in [2.75, 3.05) is 11.9 Å². The Bertz CT molecular complexity index is 1010. The van der Waals surface area contributed by atoms with Crippen molar-refractivity contribution in [3.63, 3.8) is 0 Å². The maximum Gasteiger partial charge on any atom is 0.274 e. The van der Waals surface area contributed by atoms with Gasteiger partial charge in [-0.05, 0) is 6.42 Å². The first-order chi connectivity index (χ1) is 12.1. The Morgan fingerprint density at radius 3 is 2.72 bits per heavy atom. The number of hydrogen-bond donors (Lipinski definition) is 1. The fourth-order valence-electron chi connectivity index (χ4n) is 3.33. The quantitative estimate of drug-likeness (QED) is 0.448. The van der Waals surface area contributed by atoms with Crippen molar-refractivity contribution in [3.8, 4) is 0 Å². The standard InChI is InChI=1S/C18H14FN3O3/c19-13-9-12(22(24)25)10-14-15(13)16(18-20-7-4-8-21(14)18)17(23)11-5-2-1-3-6-11/h1-3,5-6,9-10,20H,4,7-8H2. The molecule has 0 saturated heterocycles. The van der Waals surface area contributed by atoms with Crippen molar-refractivity contribution >= 4 is 28.2 Å². The third-order valence-corrected chi connectivity index (χ3v) is 4.43.